The van der Waals surface area contributed by atoms with E-state index in [0.29, 0.717) is 5.92 Å². The van der Waals surface area contributed by atoms with Crippen LogP contribution in [0.2, 0.25) is 0 Å². The van der Waals surface area contributed by atoms with Gasteiger partial charge in [0, 0.05) is 0 Å². The quantitative estimate of drug-likeness (QED) is 0.760. The number of fused-ring (bicyclic) bond motifs is 1. The lowest BCUT2D eigenvalue weighted by Crippen LogP contribution is -2.12. The minimum Gasteiger partial charge on any atom is -0.388 e. The van der Waals surface area contributed by atoms with Gasteiger partial charge in [0.1, 0.15) is 0 Å². The summed E-state index contributed by atoms with van der Waals surface area (Å²) < 4.78 is 0. The maximum Gasteiger partial charge on any atom is 0.0824 e. The molecule has 0 aromatic heterocycles. The average molecular weight is 254 g/mol. The average Bonchev–Trinajstić information content (AvgIpc) is 2.75. The van der Waals surface area contributed by atoms with Crippen LogP contribution in [0.3, 0.4) is 0 Å². The van der Waals surface area contributed by atoms with Gasteiger partial charge in [-0.1, -0.05) is 68.1 Å². The van der Waals surface area contributed by atoms with Crippen LogP contribution >= 0.6 is 0 Å². The molecule has 0 bridgehead atoms. The number of rotatable bonds is 2. The summed E-state index contributed by atoms with van der Waals surface area (Å²) >= 11 is 0. The molecule has 0 heterocycles. The van der Waals surface area contributed by atoms with Crippen LogP contribution in [0.1, 0.15) is 50.2 Å². The van der Waals surface area contributed by atoms with Gasteiger partial charge in [0.25, 0.3) is 0 Å². The first-order chi connectivity index (χ1) is 9.36. The Hall–Kier alpha value is -1.34. The first-order valence-corrected chi connectivity index (χ1v) is 7.52. The molecule has 2 aromatic rings. The Bertz CT molecular complexity index is 533. The molecule has 1 aliphatic carbocycles. The SMILES string of the molecule is OC(c1cccc2ccccc12)C1CCCCCC1. The smallest absolute Gasteiger partial charge is 0.0824 e. The molecule has 1 unspecified atom stereocenters. The topological polar surface area (TPSA) is 20.2 Å². The zero-order valence-electron chi connectivity index (χ0n) is 11.4. The third-order valence-electron chi connectivity index (χ3n) is 4.49. The lowest BCUT2D eigenvalue weighted by Gasteiger charge is -2.23. The summed E-state index contributed by atoms with van der Waals surface area (Å²) in [5, 5.41) is 13.2. The van der Waals surface area contributed by atoms with E-state index in [0.717, 1.165) is 5.56 Å². The molecule has 1 nitrogen and oxygen atoms in total. The number of aliphatic hydroxyl groups is 1. The molecule has 3 rings (SSSR count). The Labute approximate surface area is 115 Å². The summed E-state index contributed by atoms with van der Waals surface area (Å²) in [4.78, 5) is 0. The molecule has 2 aromatic carbocycles. The highest BCUT2D eigenvalue weighted by atomic mass is 16.3. The monoisotopic (exact) mass is 254 g/mol. The van der Waals surface area contributed by atoms with Crippen molar-refractivity contribution in [3.63, 3.8) is 0 Å². The van der Waals surface area contributed by atoms with Crippen molar-refractivity contribution in [2.24, 2.45) is 5.92 Å². The zero-order valence-corrected chi connectivity index (χ0v) is 11.4. The van der Waals surface area contributed by atoms with Crippen LogP contribution in [-0.2, 0) is 0 Å². The maximum atomic E-state index is 10.8. The summed E-state index contributed by atoms with van der Waals surface area (Å²) in [6.45, 7) is 0. The van der Waals surface area contributed by atoms with E-state index in [4.69, 9.17) is 0 Å². The minimum absolute atomic E-state index is 0.302. The van der Waals surface area contributed by atoms with E-state index < -0.39 is 0 Å². The van der Waals surface area contributed by atoms with E-state index in [2.05, 4.69) is 42.5 Å². The lowest BCUT2D eigenvalue weighted by molar-refractivity contribution is 0.100. The Morgan fingerprint density at radius 2 is 1.53 bits per heavy atom. The molecule has 0 spiro atoms. The summed E-state index contributed by atoms with van der Waals surface area (Å²) in [5.41, 5.74) is 1.12. The second-order valence-electron chi connectivity index (χ2n) is 5.76. The minimum atomic E-state index is -0.302. The largest absolute Gasteiger partial charge is 0.388 e. The second kappa shape index (κ2) is 5.75. The molecular formula is C18H22O. The molecule has 1 atom stereocenters. The van der Waals surface area contributed by atoms with E-state index in [9.17, 15) is 5.11 Å². The highest BCUT2D eigenvalue weighted by Crippen LogP contribution is 2.36. The number of benzene rings is 2. The second-order valence-corrected chi connectivity index (χ2v) is 5.76. The van der Waals surface area contributed by atoms with Crippen LogP contribution < -0.4 is 0 Å². The fourth-order valence-corrected chi connectivity index (χ4v) is 3.39. The normalized spacial score (nSPS) is 19.2. The van der Waals surface area contributed by atoms with Crippen molar-refractivity contribution < 1.29 is 5.11 Å². The predicted octanol–water partition coefficient (Wildman–Crippen LogP) is 4.84. The summed E-state index contributed by atoms with van der Waals surface area (Å²) in [7, 11) is 0. The lowest BCUT2D eigenvalue weighted by atomic mass is 9.87. The van der Waals surface area contributed by atoms with Crippen LogP contribution in [-0.4, -0.2) is 5.11 Å². The van der Waals surface area contributed by atoms with Crippen LogP contribution in [0.5, 0.6) is 0 Å². The van der Waals surface area contributed by atoms with Crippen molar-refractivity contribution in [1.82, 2.24) is 0 Å². The number of hydrogen-bond acceptors (Lipinski definition) is 1. The van der Waals surface area contributed by atoms with Crippen LogP contribution in [0.4, 0.5) is 0 Å². The van der Waals surface area contributed by atoms with Gasteiger partial charge in [0.15, 0.2) is 0 Å². The van der Waals surface area contributed by atoms with Crippen molar-refractivity contribution >= 4 is 10.8 Å². The first kappa shape index (κ1) is 12.7. The van der Waals surface area contributed by atoms with Gasteiger partial charge < -0.3 is 5.11 Å². The fourth-order valence-electron chi connectivity index (χ4n) is 3.39. The molecule has 1 saturated carbocycles. The molecule has 0 saturated heterocycles. The third kappa shape index (κ3) is 2.66. The summed E-state index contributed by atoms with van der Waals surface area (Å²) in [6, 6.07) is 14.7. The van der Waals surface area contributed by atoms with E-state index >= 15 is 0 Å². The van der Waals surface area contributed by atoms with E-state index in [-0.39, 0.29) is 6.10 Å². The number of aliphatic hydroxyl groups excluding tert-OH is 1. The van der Waals surface area contributed by atoms with Gasteiger partial charge in [0.05, 0.1) is 6.10 Å². The third-order valence-corrected chi connectivity index (χ3v) is 4.49. The van der Waals surface area contributed by atoms with Gasteiger partial charge in [0.2, 0.25) is 0 Å². The molecule has 1 N–H and O–H groups in total. The van der Waals surface area contributed by atoms with Gasteiger partial charge in [-0.2, -0.15) is 0 Å². The molecule has 100 valence electrons. The highest BCUT2D eigenvalue weighted by Gasteiger charge is 2.23. The highest BCUT2D eigenvalue weighted by molar-refractivity contribution is 5.85. The van der Waals surface area contributed by atoms with E-state index in [1.807, 2.05) is 0 Å². The van der Waals surface area contributed by atoms with Gasteiger partial charge in [-0.25, -0.2) is 0 Å². The predicted molar refractivity (Wildman–Crippen MR) is 80.1 cm³/mol. The fraction of sp³-hybridized carbons (Fsp3) is 0.444. The van der Waals surface area contributed by atoms with Crippen LogP contribution in [0.25, 0.3) is 10.8 Å². The van der Waals surface area contributed by atoms with E-state index in [1.54, 1.807) is 0 Å². The molecule has 1 aliphatic rings. The maximum absolute atomic E-state index is 10.8. The van der Waals surface area contributed by atoms with Crippen molar-refractivity contribution in [1.29, 1.82) is 0 Å². The van der Waals surface area contributed by atoms with Crippen molar-refractivity contribution in [2.75, 3.05) is 0 Å². The molecule has 1 heteroatoms. The van der Waals surface area contributed by atoms with Gasteiger partial charge in [-0.3, -0.25) is 0 Å². The van der Waals surface area contributed by atoms with Crippen molar-refractivity contribution in [2.45, 2.75) is 44.6 Å². The Morgan fingerprint density at radius 3 is 2.32 bits per heavy atom. The Kier molecular flexibility index (Phi) is 3.84. The van der Waals surface area contributed by atoms with Crippen molar-refractivity contribution in [3.05, 3.63) is 48.0 Å². The molecule has 0 aliphatic heterocycles. The molecular weight excluding hydrogens is 232 g/mol. The van der Waals surface area contributed by atoms with Crippen LogP contribution in [0.15, 0.2) is 42.5 Å². The van der Waals surface area contributed by atoms with Crippen molar-refractivity contribution in [3.8, 4) is 0 Å². The standard InChI is InChI=1S/C18H22O/c19-18(15-9-3-1-2-4-10-15)17-13-7-11-14-8-5-6-12-16(14)17/h5-8,11-13,15,18-19H,1-4,9-10H2. The van der Waals surface area contributed by atoms with Gasteiger partial charge >= 0.3 is 0 Å². The van der Waals surface area contributed by atoms with Crippen LogP contribution in [0, 0.1) is 5.92 Å². The summed E-state index contributed by atoms with van der Waals surface area (Å²) in [5.74, 6) is 0.438. The molecule has 19 heavy (non-hydrogen) atoms. The Morgan fingerprint density at radius 1 is 0.842 bits per heavy atom. The van der Waals surface area contributed by atoms with E-state index in [1.165, 1.54) is 49.3 Å². The zero-order chi connectivity index (χ0) is 13.1. The molecule has 0 radical (unpaired) electrons. The molecule has 1 fully saturated rings. The Balaban J connectivity index is 1.94. The van der Waals surface area contributed by atoms with Gasteiger partial charge in [-0.15, -0.1) is 0 Å². The van der Waals surface area contributed by atoms with Gasteiger partial charge in [-0.05, 0) is 35.1 Å². The number of hydrogen-bond donors (Lipinski definition) is 1. The molecule has 0 amide bonds. The summed E-state index contributed by atoms with van der Waals surface area (Å²) in [6.07, 6.45) is 7.25. The first-order valence-electron chi connectivity index (χ1n) is 7.52.